The monoisotopic (exact) mass is 215 g/mol. The van der Waals surface area contributed by atoms with E-state index in [1.54, 1.807) is 19.4 Å². The first-order valence-electron chi connectivity index (χ1n) is 4.97. The van der Waals surface area contributed by atoms with Crippen molar-refractivity contribution < 1.29 is 4.74 Å². The third kappa shape index (κ3) is 1.95. The van der Waals surface area contributed by atoms with Crippen LogP contribution in [0, 0.1) is 0 Å². The molecule has 0 aliphatic heterocycles. The Hall–Kier alpha value is -2.10. The van der Waals surface area contributed by atoms with Crippen molar-refractivity contribution in [1.82, 2.24) is 9.97 Å². The Kier molecular flexibility index (Phi) is 3.00. The number of rotatable bonds is 4. The highest BCUT2D eigenvalue weighted by molar-refractivity contribution is 5.91. The van der Waals surface area contributed by atoms with Crippen molar-refractivity contribution in [1.29, 1.82) is 0 Å². The lowest BCUT2D eigenvalue weighted by molar-refractivity contribution is 0.415. The fraction of sp³-hybridized carbons (Fsp3) is 0.167. The summed E-state index contributed by atoms with van der Waals surface area (Å²) < 4.78 is 5.22. The Morgan fingerprint density at radius 1 is 1.50 bits per heavy atom. The number of fused-ring (bicyclic) bond motifs is 1. The molecule has 1 N–H and O–H groups in total. The van der Waals surface area contributed by atoms with Crippen molar-refractivity contribution in [2.24, 2.45) is 0 Å². The molecule has 0 spiro atoms. The number of nitrogens with one attached hydrogen (secondary N) is 1. The lowest BCUT2D eigenvalue weighted by Crippen LogP contribution is -2.00. The van der Waals surface area contributed by atoms with Gasteiger partial charge in [0, 0.05) is 24.2 Å². The van der Waals surface area contributed by atoms with Crippen molar-refractivity contribution in [3.63, 3.8) is 0 Å². The van der Waals surface area contributed by atoms with Crippen LogP contribution in [0.3, 0.4) is 0 Å². The van der Waals surface area contributed by atoms with Crippen molar-refractivity contribution >= 4 is 16.6 Å². The highest BCUT2D eigenvalue weighted by Gasteiger charge is 2.04. The summed E-state index contributed by atoms with van der Waals surface area (Å²) in [5.74, 6) is 0.786. The number of anilines is 1. The zero-order valence-corrected chi connectivity index (χ0v) is 9.10. The fourth-order valence-corrected chi connectivity index (χ4v) is 1.51. The number of hydrogen-bond acceptors (Lipinski definition) is 4. The summed E-state index contributed by atoms with van der Waals surface area (Å²) in [5, 5.41) is 4.18. The van der Waals surface area contributed by atoms with Gasteiger partial charge in [-0.3, -0.25) is 0 Å². The average molecular weight is 215 g/mol. The molecule has 0 radical (unpaired) electrons. The molecule has 1 aromatic heterocycles. The molecule has 82 valence electrons. The van der Waals surface area contributed by atoms with Crippen LogP contribution in [-0.2, 0) is 0 Å². The molecule has 0 saturated heterocycles. The van der Waals surface area contributed by atoms with Crippen molar-refractivity contribution in [2.45, 2.75) is 0 Å². The van der Waals surface area contributed by atoms with Crippen LogP contribution in [0.2, 0.25) is 0 Å². The summed E-state index contributed by atoms with van der Waals surface area (Å²) in [7, 11) is 1.64. The summed E-state index contributed by atoms with van der Waals surface area (Å²) in [4.78, 5) is 8.24. The van der Waals surface area contributed by atoms with Gasteiger partial charge < -0.3 is 10.1 Å². The minimum Gasteiger partial charge on any atom is -0.497 e. The van der Waals surface area contributed by atoms with Crippen molar-refractivity contribution in [2.75, 3.05) is 19.0 Å². The maximum absolute atomic E-state index is 5.22. The topological polar surface area (TPSA) is 47.0 Å². The van der Waals surface area contributed by atoms with Crippen LogP contribution in [0.25, 0.3) is 10.9 Å². The van der Waals surface area contributed by atoms with Gasteiger partial charge >= 0.3 is 0 Å². The van der Waals surface area contributed by atoms with E-state index in [9.17, 15) is 0 Å². The van der Waals surface area contributed by atoms with Gasteiger partial charge in [0.25, 0.3) is 0 Å². The highest BCUT2D eigenvalue weighted by Crippen LogP contribution is 2.26. The van der Waals surface area contributed by atoms with Crippen LogP contribution in [0.4, 0.5) is 5.69 Å². The average Bonchev–Trinajstić information content (AvgIpc) is 2.35. The van der Waals surface area contributed by atoms with E-state index < -0.39 is 0 Å². The lowest BCUT2D eigenvalue weighted by atomic mass is 10.2. The number of nitrogens with zero attached hydrogens (tertiary/aromatic N) is 2. The molecule has 1 heterocycles. The number of ether oxygens (including phenoxy) is 1. The number of benzene rings is 1. The first-order valence-corrected chi connectivity index (χ1v) is 4.97. The maximum atomic E-state index is 5.22. The van der Waals surface area contributed by atoms with Gasteiger partial charge in [0.05, 0.1) is 18.3 Å². The predicted octanol–water partition coefficient (Wildman–Crippen LogP) is 2.24. The zero-order chi connectivity index (χ0) is 11.4. The van der Waals surface area contributed by atoms with Gasteiger partial charge in [-0.15, -0.1) is 6.58 Å². The van der Waals surface area contributed by atoms with Crippen LogP contribution < -0.4 is 10.1 Å². The molecule has 2 aromatic rings. The SMILES string of the molecule is C=CCNc1cc(OC)cc2cncnc12. The van der Waals surface area contributed by atoms with Gasteiger partial charge in [0.1, 0.15) is 12.1 Å². The molecule has 0 fully saturated rings. The Bertz CT molecular complexity index is 511. The van der Waals surface area contributed by atoms with E-state index in [0.29, 0.717) is 6.54 Å². The Labute approximate surface area is 94.0 Å². The molecule has 0 bridgehead atoms. The van der Waals surface area contributed by atoms with Crippen LogP contribution >= 0.6 is 0 Å². The summed E-state index contributed by atoms with van der Waals surface area (Å²) in [5.41, 5.74) is 1.81. The Balaban J connectivity index is 2.54. The van der Waals surface area contributed by atoms with E-state index in [1.807, 2.05) is 12.1 Å². The molecule has 0 amide bonds. The predicted molar refractivity (Wildman–Crippen MR) is 64.8 cm³/mol. The number of aromatic nitrogens is 2. The molecule has 4 heteroatoms. The molecular weight excluding hydrogens is 202 g/mol. The quantitative estimate of drug-likeness (QED) is 0.794. The third-order valence-corrected chi connectivity index (χ3v) is 2.25. The first-order chi connectivity index (χ1) is 7.85. The van der Waals surface area contributed by atoms with E-state index in [-0.39, 0.29) is 0 Å². The maximum Gasteiger partial charge on any atom is 0.121 e. The van der Waals surface area contributed by atoms with E-state index in [1.165, 1.54) is 6.33 Å². The van der Waals surface area contributed by atoms with Gasteiger partial charge in [0.15, 0.2) is 0 Å². The lowest BCUT2D eigenvalue weighted by Gasteiger charge is -2.09. The Morgan fingerprint density at radius 2 is 2.38 bits per heavy atom. The van der Waals surface area contributed by atoms with E-state index >= 15 is 0 Å². The molecule has 0 aliphatic carbocycles. The van der Waals surface area contributed by atoms with Crippen LogP contribution in [-0.4, -0.2) is 23.6 Å². The minimum absolute atomic E-state index is 0.687. The fourth-order valence-electron chi connectivity index (χ4n) is 1.51. The zero-order valence-electron chi connectivity index (χ0n) is 9.10. The van der Waals surface area contributed by atoms with Gasteiger partial charge in [-0.05, 0) is 6.07 Å². The standard InChI is InChI=1S/C12H13N3O/c1-3-4-14-11-6-10(16-2)5-9-7-13-8-15-12(9)11/h3,5-8,14H,1,4H2,2H3. The van der Waals surface area contributed by atoms with Crippen LogP contribution in [0.5, 0.6) is 5.75 Å². The molecule has 1 aromatic carbocycles. The minimum atomic E-state index is 0.687. The van der Waals surface area contributed by atoms with Crippen molar-refractivity contribution in [3.05, 3.63) is 37.3 Å². The summed E-state index contributed by atoms with van der Waals surface area (Å²) in [6.45, 7) is 4.36. The van der Waals surface area contributed by atoms with Gasteiger partial charge in [-0.2, -0.15) is 0 Å². The van der Waals surface area contributed by atoms with Crippen molar-refractivity contribution in [3.8, 4) is 5.75 Å². The summed E-state index contributed by atoms with van der Waals surface area (Å²) in [6, 6.07) is 3.83. The summed E-state index contributed by atoms with van der Waals surface area (Å²) >= 11 is 0. The first kappa shape index (κ1) is 10.4. The molecule has 0 unspecified atom stereocenters. The van der Waals surface area contributed by atoms with E-state index in [4.69, 9.17) is 4.74 Å². The second kappa shape index (κ2) is 4.61. The van der Waals surface area contributed by atoms with Gasteiger partial charge in [0.2, 0.25) is 0 Å². The second-order valence-electron chi connectivity index (χ2n) is 3.31. The van der Waals surface area contributed by atoms with E-state index in [2.05, 4.69) is 21.9 Å². The molecular formula is C12H13N3O. The molecule has 16 heavy (non-hydrogen) atoms. The number of methoxy groups -OCH3 is 1. The Morgan fingerprint density at radius 3 is 3.12 bits per heavy atom. The molecule has 4 nitrogen and oxygen atoms in total. The molecule has 2 rings (SSSR count). The number of hydrogen-bond donors (Lipinski definition) is 1. The van der Waals surface area contributed by atoms with Gasteiger partial charge in [-0.1, -0.05) is 6.08 Å². The van der Waals surface area contributed by atoms with Crippen LogP contribution in [0.15, 0.2) is 37.3 Å². The van der Waals surface area contributed by atoms with Crippen LogP contribution in [0.1, 0.15) is 0 Å². The second-order valence-corrected chi connectivity index (χ2v) is 3.31. The van der Waals surface area contributed by atoms with E-state index in [0.717, 1.165) is 22.3 Å². The smallest absolute Gasteiger partial charge is 0.121 e. The van der Waals surface area contributed by atoms with Gasteiger partial charge in [-0.25, -0.2) is 9.97 Å². The normalized spacial score (nSPS) is 10.1. The summed E-state index contributed by atoms with van der Waals surface area (Å²) in [6.07, 6.45) is 5.10. The molecule has 0 saturated carbocycles. The highest BCUT2D eigenvalue weighted by atomic mass is 16.5. The largest absolute Gasteiger partial charge is 0.497 e. The molecule has 0 aliphatic rings. The molecule has 0 atom stereocenters. The third-order valence-electron chi connectivity index (χ3n) is 2.25.